The van der Waals surface area contributed by atoms with E-state index in [1.807, 2.05) is 7.05 Å². The highest BCUT2D eigenvalue weighted by atomic mass is 16.1. The topological polar surface area (TPSA) is 29.1 Å². The van der Waals surface area contributed by atoms with E-state index in [2.05, 4.69) is 60.8 Å². The molecule has 0 aliphatic rings. The van der Waals surface area contributed by atoms with Crippen LogP contribution in [0.3, 0.4) is 0 Å². The van der Waals surface area contributed by atoms with Crippen LogP contribution in [-0.4, -0.2) is 18.9 Å². The monoisotopic (exact) mass is 267 g/mol. The molecule has 0 saturated heterocycles. The smallest absolute Gasteiger partial charge is 0.147 e. The summed E-state index contributed by atoms with van der Waals surface area (Å²) in [6.07, 6.45) is 0.736. The van der Waals surface area contributed by atoms with Crippen molar-refractivity contribution in [1.29, 1.82) is 0 Å². The molecule has 2 aromatic rings. The van der Waals surface area contributed by atoms with Crippen LogP contribution in [0.5, 0.6) is 0 Å². The summed E-state index contributed by atoms with van der Waals surface area (Å²) >= 11 is 0. The zero-order valence-electron chi connectivity index (χ0n) is 12.3. The number of rotatable bonds is 5. The van der Waals surface area contributed by atoms with Gasteiger partial charge in [-0.15, -0.1) is 0 Å². The molecule has 1 atom stereocenters. The summed E-state index contributed by atoms with van der Waals surface area (Å²) in [5.41, 5.74) is 4.88. The number of carbonyl (C=O) groups excluding carboxylic acids is 1. The first-order valence-corrected chi connectivity index (χ1v) is 6.94. The number of ketones is 1. The largest absolute Gasteiger partial charge is 0.310 e. The standard InChI is InChI=1S/C18H21NO/c1-13-5-4-6-17(11-13)16-9-7-15(8-10-16)12-18(19-3)14(2)20/h4-11,18-19H,12H2,1-3H3/t18-/m0/s1. The van der Waals surface area contributed by atoms with Gasteiger partial charge in [-0.25, -0.2) is 0 Å². The molecule has 2 nitrogen and oxygen atoms in total. The van der Waals surface area contributed by atoms with Gasteiger partial charge in [0.25, 0.3) is 0 Å². The van der Waals surface area contributed by atoms with Crippen molar-refractivity contribution in [1.82, 2.24) is 5.32 Å². The predicted molar refractivity (Wildman–Crippen MR) is 83.8 cm³/mol. The van der Waals surface area contributed by atoms with Gasteiger partial charge in [-0.1, -0.05) is 54.1 Å². The first-order chi connectivity index (χ1) is 9.60. The number of hydrogen-bond acceptors (Lipinski definition) is 2. The molecule has 2 heteroatoms. The van der Waals surface area contributed by atoms with Crippen LogP contribution in [0.25, 0.3) is 11.1 Å². The van der Waals surface area contributed by atoms with Crippen molar-refractivity contribution in [3.05, 3.63) is 59.7 Å². The van der Waals surface area contributed by atoms with E-state index in [0.29, 0.717) is 0 Å². The maximum atomic E-state index is 11.4. The molecule has 0 aliphatic carbocycles. The Morgan fingerprint density at radius 2 is 1.80 bits per heavy atom. The molecule has 0 spiro atoms. The van der Waals surface area contributed by atoms with Gasteiger partial charge >= 0.3 is 0 Å². The number of hydrogen-bond donors (Lipinski definition) is 1. The Bertz CT molecular complexity index is 587. The number of Topliss-reactive ketones (excluding diaryl/α,β-unsaturated/α-hetero) is 1. The van der Waals surface area contributed by atoms with Gasteiger partial charge in [-0.05, 0) is 44.0 Å². The summed E-state index contributed by atoms with van der Waals surface area (Å²) in [5, 5.41) is 3.05. The molecule has 2 rings (SSSR count). The van der Waals surface area contributed by atoms with Gasteiger partial charge < -0.3 is 5.32 Å². The molecule has 0 aliphatic heterocycles. The fraction of sp³-hybridized carbons (Fsp3) is 0.278. The van der Waals surface area contributed by atoms with Crippen molar-refractivity contribution in [2.75, 3.05) is 7.05 Å². The van der Waals surface area contributed by atoms with Gasteiger partial charge in [-0.2, -0.15) is 0 Å². The van der Waals surface area contributed by atoms with Crippen LogP contribution in [0.2, 0.25) is 0 Å². The lowest BCUT2D eigenvalue weighted by Crippen LogP contribution is -2.34. The molecule has 0 bridgehead atoms. The molecule has 0 aromatic heterocycles. The van der Waals surface area contributed by atoms with Crippen LogP contribution in [0.1, 0.15) is 18.1 Å². The average Bonchev–Trinajstić information content (AvgIpc) is 2.45. The third-order valence-electron chi connectivity index (χ3n) is 3.58. The maximum Gasteiger partial charge on any atom is 0.147 e. The Labute approximate surface area is 120 Å². The second-order valence-corrected chi connectivity index (χ2v) is 5.22. The number of carbonyl (C=O) groups is 1. The van der Waals surface area contributed by atoms with Crippen molar-refractivity contribution >= 4 is 5.78 Å². The zero-order chi connectivity index (χ0) is 14.5. The summed E-state index contributed by atoms with van der Waals surface area (Å²) in [6.45, 7) is 3.73. The minimum atomic E-state index is -0.0974. The summed E-state index contributed by atoms with van der Waals surface area (Å²) in [6, 6.07) is 16.8. The van der Waals surface area contributed by atoms with Crippen molar-refractivity contribution in [3.63, 3.8) is 0 Å². The first-order valence-electron chi connectivity index (χ1n) is 6.94. The van der Waals surface area contributed by atoms with E-state index < -0.39 is 0 Å². The lowest BCUT2D eigenvalue weighted by molar-refractivity contribution is -0.118. The molecular weight excluding hydrogens is 246 g/mol. The van der Waals surface area contributed by atoms with E-state index in [-0.39, 0.29) is 11.8 Å². The normalized spacial score (nSPS) is 12.2. The lowest BCUT2D eigenvalue weighted by atomic mass is 9.99. The van der Waals surface area contributed by atoms with Gasteiger partial charge in [-0.3, -0.25) is 4.79 Å². The Hall–Kier alpha value is -1.93. The molecule has 1 N–H and O–H groups in total. The third kappa shape index (κ3) is 3.55. The van der Waals surface area contributed by atoms with Crippen LogP contribution < -0.4 is 5.32 Å². The fourth-order valence-corrected chi connectivity index (χ4v) is 2.34. The highest BCUT2D eigenvalue weighted by Gasteiger charge is 2.11. The summed E-state index contributed by atoms with van der Waals surface area (Å²) in [5.74, 6) is 0.176. The van der Waals surface area contributed by atoms with Crippen LogP contribution in [0.15, 0.2) is 48.5 Å². The SMILES string of the molecule is CN[C@@H](Cc1ccc(-c2cccc(C)c2)cc1)C(C)=O. The molecule has 0 heterocycles. The van der Waals surface area contributed by atoms with E-state index in [1.54, 1.807) is 6.92 Å². The number of aryl methyl sites for hydroxylation is 1. The predicted octanol–water partition coefficient (Wildman–Crippen LogP) is 3.38. The molecule has 0 unspecified atom stereocenters. The van der Waals surface area contributed by atoms with E-state index in [0.717, 1.165) is 6.42 Å². The molecule has 0 amide bonds. The Morgan fingerprint density at radius 1 is 1.10 bits per heavy atom. The molecular formula is C18H21NO. The van der Waals surface area contributed by atoms with Crippen LogP contribution >= 0.6 is 0 Å². The van der Waals surface area contributed by atoms with Crippen molar-refractivity contribution < 1.29 is 4.79 Å². The first kappa shape index (κ1) is 14.5. The van der Waals surface area contributed by atoms with Crippen LogP contribution in [0, 0.1) is 6.92 Å². The second-order valence-electron chi connectivity index (χ2n) is 5.22. The molecule has 0 radical (unpaired) electrons. The zero-order valence-corrected chi connectivity index (χ0v) is 12.3. The van der Waals surface area contributed by atoms with Crippen LogP contribution in [0.4, 0.5) is 0 Å². The van der Waals surface area contributed by atoms with Crippen molar-refractivity contribution in [2.45, 2.75) is 26.3 Å². The van der Waals surface area contributed by atoms with Crippen LogP contribution in [-0.2, 0) is 11.2 Å². The third-order valence-corrected chi connectivity index (χ3v) is 3.58. The number of likely N-dealkylation sites (N-methyl/N-ethyl adjacent to an activating group) is 1. The quantitative estimate of drug-likeness (QED) is 0.899. The number of benzene rings is 2. The van der Waals surface area contributed by atoms with Gasteiger partial charge in [0, 0.05) is 0 Å². The Balaban J connectivity index is 2.16. The minimum absolute atomic E-state index is 0.0974. The molecule has 104 valence electrons. The minimum Gasteiger partial charge on any atom is -0.310 e. The second kappa shape index (κ2) is 6.49. The Morgan fingerprint density at radius 3 is 2.35 bits per heavy atom. The molecule has 0 saturated carbocycles. The van der Waals surface area contributed by atoms with E-state index >= 15 is 0 Å². The van der Waals surface area contributed by atoms with Crippen molar-refractivity contribution in [3.8, 4) is 11.1 Å². The Kier molecular flexibility index (Phi) is 4.70. The van der Waals surface area contributed by atoms with Gasteiger partial charge in [0.15, 0.2) is 0 Å². The number of nitrogens with one attached hydrogen (secondary N) is 1. The summed E-state index contributed by atoms with van der Waals surface area (Å²) in [7, 11) is 1.83. The molecule has 2 aromatic carbocycles. The maximum absolute atomic E-state index is 11.4. The van der Waals surface area contributed by atoms with E-state index in [1.165, 1.54) is 22.3 Å². The van der Waals surface area contributed by atoms with Crippen molar-refractivity contribution in [2.24, 2.45) is 0 Å². The highest BCUT2D eigenvalue weighted by molar-refractivity contribution is 5.81. The van der Waals surface area contributed by atoms with E-state index in [4.69, 9.17) is 0 Å². The van der Waals surface area contributed by atoms with Gasteiger partial charge in [0.2, 0.25) is 0 Å². The molecule has 0 fully saturated rings. The summed E-state index contributed by atoms with van der Waals surface area (Å²) in [4.78, 5) is 11.4. The van der Waals surface area contributed by atoms with Gasteiger partial charge in [0.05, 0.1) is 6.04 Å². The highest BCUT2D eigenvalue weighted by Crippen LogP contribution is 2.21. The average molecular weight is 267 g/mol. The van der Waals surface area contributed by atoms with Gasteiger partial charge in [0.1, 0.15) is 5.78 Å². The lowest BCUT2D eigenvalue weighted by Gasteiger charge is -2.13. The molecule has 20 heavy (non-hydrogen) atoms. The van der Waals surface area contributed by atoms with E-state index in [9.17, 15) is 4.79 Å². The summed E-state index contributed by atoms with van der Waals surface area (Å²) < 4.78 is 0. The fourth-order valence-electron chi connectivity index (χ4n) is 2.34.